The van der Waals surface area contributed by atoms with Gasteiger partial charge in [-0.15, -0.1) is 0 Å². The largest absolute Gasteiger partial charge is 0.317 e. The van der Waals surface area contributed by atoms with E-state index < -0.39 is 5.41 Å². The molecular weight excluding hydrogens is 203 g/mol. The summed E-state index contributed by atoms with van der Waals surface area (Å²) in [7, 11) is 0. The highest BCUT2D eigenvalue weighted by Crippen LogP contribution is 2.38. The van der Waals surface area contributed by atoms with E-state index in [1.54, 1.807) is 6.08 Å². The minimum atomic E-state index is -0.416. The highest BCUT2D eigenvalue weighted by Gasteiger charge is 2.34. The fourth-order valence-corrected chi connectivity index (χ4v) is 2.28. The molecule has 0 bridgehead atoms. The zero-order valence-corrected chi connectivity index (χ0v) is 9.17. The number of hydrogen-bond acceptors (Lipinski definition) is 2. The molecule has 0 spiro atoms. The van der Waals surface area contributed by atoms with Crippen molar-refractivity contribution >= 4 is 0 Å². The molecule has 0 aromatic heterocycles. The van der Waals surface area contributed by atoms with Gasteiger partial charge in [-0.05, 0) is 50.1 Å². The topological polar surface area (TPSA) is 35.8 Å². The van der Waals surface area contributed by atoms with E-state index in [0.29, 0.717) is 6.42 Å². The van der Waals surface area contributed by atoms with Crippen molar-refractivity contribution in [3.8, 4) is 6.07 Å². The van der Waals surface area contributed by atoms with E-state index in [1.165, 1.54) is 12.2 Å². The van der Waals surface area contributed by atoms with Crippen molar-refractivity contribution in [3.63, 3.8) is 0 Å². The summed E-state index contributed by atoms with van der Waals surface area (Å²) in [6.07, 6.45) is 8.91. The lowest BCUT2D eigenvalue weighted by Crippen LogP contribution is -2.36. The Morgan fingerprint density at radius 2 is 2.00 bits per heavy atom. The van der Waals surface area contributed by atoms with Crippen LogP contribution in [-0.2, 0) is 0 Å². The first-order valence-corrected chi connectivity index (χ1v) is 5.63. The normalized spacial score (nSPS) is 24.0. The van der Waals surface area contributed by atoms with Crippen molar-refractivity contribution in [2.75, 3.05) is 13.1 Å². The third kappa shape index (κ3) is 2.07. The number of hydrogen-bond donors (Lipinski definition) is 1. The summed E-state index contributed by atoms with van der Waals surface area (Å²) in [4.78, 5) is 0. The molecule has 1 aliphatic heterocycles. The molecule has 0 amide bonds. The Kier molecular flexibility index (Phi) is 3.21. The fourth-order valence-electron chi connectivity index (χ4n) is 2.28. The summed E-state index contributed by atoms with van der Waals surface area (Å²) in [6, 6.07) is 2.42. The average Bonchev–Trinajstić information content (AvgIpc) is 2.55. The van der Waals surface area contributed by atoms with Gasteiger partial charge in [-0.1, -0.05) is 12.2 Å². The molecule has 0 saturated carbocycles. The molecule has 0 radical (unpaired) electrons. The molecule has 1 aliphatic carbocycles. The maximum Gasteiger partial charge on any atom is 0.119 e. The first-order chi connectivity index (χ1) is 7.77. The maximum atomic E-state index is 13.1. The molecular formula is C13H15FN2. The molecule has 0 unspecified atom stereocenters. The molecule has 16 heavy (non-hydrogen) atoms. The molecule has 2 aliphatic rings. The molecule has 2 rings (SSSR count). The Balaban J connectivity index is 2.26. The third-order valence-electron chi connectivity index (χ3n) is 3.30. The van der Waals surface area contributed by atoms with Crippen molar-refractivity contribution < 1.29 is 4.39 Å². The van der Waals surface area contributed by atoms with Crippen LogP contribution < -0.4 is 5.32 Å². The number of allylic oxidation sites excluding steroid dienone is 6. The van der Waals surface area contributed by atoms with Crippen molar-refractivity contribution in [2.24, 2.45) is 5.41 Å². The Hall–Kier alpha value is -1.40. The molecule has 3 heteroatoms. The molecule has 1 saturated heterocycles. The number of nitrogens with zero attached hydrogens (tertiary/aromatic N) is 1. The van der Waals surface area contributed by atoms with Crippen LogP contribution in [0.4, 0.5) is 4.39 Å². The maximum absolute atomic E-state index is 13.1. The van der Waals surface area contributed by atoms with Gasteiger partial charge in [0.15, 0.2) is 0 Å². The summed E-state index contributed by atoms with van der Waals surface area (Å²) in [5.41, 5.74) is 0.556. The number of rotatable bonds is 1. The van der Waals surface area contributed by atoms with Gasteiger partial charge in [0, 0.05) is 0 Å². The van der Waals surface area contributed by atoms with E-state index in [0.717, 1.165) is 31.5 Å². The van der Waals surface area contributed by atoms with Gasteiger partial charge in [-0.25, -0.2) is 4.39 Å². The highest BCUT2D eigenvalue weighted by atomic mass is 19.1. The van der Waals surface area contributed by atoms with Gasteiger partial charge in [-0.2, -0.15) is 5.26 Å². The van der Waals surface area contributed by atoms with Crippen LogP contribution in [0.5, 0.6) is 0 Å². The van der Waals surface area contributed by atoms with Crippen molar-refractivity contribution in [3.05, 3.63) is 35.7 Å². The Labute approximate surface area is 95.1 Å². The van der Waals surface area contributed by atoms with Crippen LogP contribution in [-0.4, -0.2) is 13.1 Å². The standard InChI is InChI=1S/C13H15FN2/c14-12-3-1-2-11(4-5-12)13(10-15)6-8-16-9-7-13/h2-5,16H,1,6-9H2. The summed E-state index contributed by atoms with van der Waals surface area (Å²) < 4.78 is 13.1. The van der Waals surface area contributed by atoms with Crippen LogP contribution in [0.3, 0.4) is 0 Å². The Morgan fingerprint density at radius 3 is 2.69 bits per heavy atom. The van der Waals surface area contributed by atoms with E-state index in [1.807, 2.05) is 6.08 Å². The minimum Gasteiger partial charge on any atom is -0.317 e. The Bertz CT molecular complexity index is 393. The SMILES string of the molecule is N#CC1(C2=CCC=C(F)C=C2)CCNCC1. The smallest absolute Gasteiger partial charge is 0.119 e. The van der Waals surface area contributed by atoms with Crippen LogP contribution in [0, 0.1) is 16.7 Å². The average molecular weight is 218 g/mol. The van der Waals surface area contributed by atoms with Gasteiger partial charge in [-0.3, -0.25) is 0 Å². The van der Waals surface area contributed by atoms with Crippen LogP contribution in [0.15, 0.2) is 35.7 Å². The molecule has 0 atom stereocenters. The second-order valence-corrected chi connectivity index (χ2v) is 4.26. The van der Waals surface area contributed by atoms with Gasteiger partial charge < -0.3 is 5.32 Å². The molecule has 1 N–H and O–H groups in total. The van der Waals surface area contributed by atoms with Crippen LogP contribution in [0.1, 0.15) is 19.3 Å². The molecule has 2 nitrogen and oxygen atoms in total. The zero-order chi connectivity index (χ0) is 11.4. The van der Waals surface area contributed by atoms with Gasteiger partial charge in [0.25, 0.3) is 0 Å². The summed E-state index contributed by atoms with van der Waals surface area (Å²) in [5.74, 6) is -0.215. The van der Waals surface area contributed by atoms with E-state index in [2.05, 4.69) is 11.4 Å². The molecule has 84 valence electrons. The van der Waals surface area contributed by atoms with Crippen LogP contribution in [0.2, 0.25) is 0 Å². The quantitative estimate of drug-likeness (QED) is 0.734. The fraction of sp³-hybridized carbons (Fsp3) is 0.462. The number of nitrogens with one attached hydrogen (secondary N) is 1. The minimum absolute atomic E-state index is 0.215. The number of piperidine rings is 1. The van der Waals surface area contributed by atoms with Crippen molar-refractivity contribution in [1.29, 1.82) is 5.26 Å². The Morgan fingerprint density at radius 1 is 1.25 bits per heavy atom. The predicted octanol–water partition coefficient (Wildman–Crippen LogP) is 2.62. The van der Waals surface area contributed by atoms with Crippen LogP contribution in [0.25, 0.3) is 0 Å². The highest BCUT2D eigenvalue weighted by molar-refractivity contribution is 5.38. The van der Waals surface area contributed by atoms with Crippen molar-refractivity contribution in [2.45, 2.75) is 19.3 Å². The number of nitriles is 1. The van der Waals surface area contributed by atoms with E-state index in [9.17, 15) is 9.65 Å². The van der Waals surface area contributed by atoms with Gasteiger partial charge >= 0.3 is 0 Å². The summed E-state index contributed by atoms with van der Waals surface area (Å²) in [5, 5.41) is 12.6. The van der Waals surface area contributed by atoms with Gasteiger partial charge in [0.2, 0.25) is 0 Å². The van der Waals surface area contributed by atoms with Gasteiger partial charge in [0.1, 0.15) is 5.83 Å². The van der Waals surface area contributed by atoms with Crippen LogP contribution >= 0.6 is 0 Å². The predicted molar refractivity (Wildman–Crippen MR) is 61.2 cm³/mol. The number of halogens is 1. The second kappa shape index (κ2) is 4.63. The zero-order valence-electron chi connectivity index (χ0n) is 9.17. The first kappa shape index (κ1) is 11.1. The van der Waals surface area contributed by atoms with E-state index in [4.69, 9.17) is 0 Å². The monoisotopic (exact) mass is 218 g/mol. The van der Waals surface area contributed by atoms with Crippen molar-refractivity contribution in [1.82, 2.24) is 5.32 Å². The lowest BCUT2D eigenvalue weighted by Gasteiger charge is -2.32. The van der Waals surface area contributed by atoms with E-state index in [-0.39, 0.29) is 5.83 Å². The molecule has 0 aromatic carbocycles. The lowest BCUT2D eigenvalue weighted by molar-refractivity contribution is 0.339. The molecule has 0 aromatic rings. The third-order valence-corrected chi connectivity index (χ3v) is 3.30. The second-order valence-electron chi connectivity index (χ2n) is 4.26. The first-order valence-electron chi connectivity index (χ1n) is 5.63. The molecule has 1 heterocycles. The molecule has 1 fully saturated rings. The van der Waals surface area contributed by atoms with E-state index >= 15 is 0 Å². The summed E-state index contributed by atoms with van der Waals surface area (Å²) >= 11 is 0. The van der Waals surface area contributed by atoms with Gasteiger partial charge in [0.05, 0.1) is 11.5 Å². The summed E-state index contributed by atoms with van der Waals surface area (Å²) in [6.45, 7) is 1.71. The lowest BCUT2D eigenvalue weighted by atomic mass is 9.73.